The SMILES string of the molecule is CN(C)c1ccc([13CH]=O)cc1. The largest absolute Gasteiger partial charge is 0.378 e. The Hall–Kier alpha value is -1.31. The van der Waals surface area contributed by atoms with Crippen molar-refractivity contribution in [3.8, 4) is 0 Å². The van der Waals surface area contributed by atoms with Crippen molar-refractivity contribution in [1.29, 1.82) is 0 Å². The van der Waals surface area contributed by atoms with E-state index in [1.54, 1.807) is 0 Å². The van der Waals surface area contributed by atoms with E-state index in [0.717, 1.165) is 17.5 Å². The predicted molar refractivity (Wildman–Crippen MR) is 46.2 cm³/mol. The van der Waals surface area contributed by atoms with E-state index in [-0.39, 0.29) is 0 Å². The van der Waals surface area contributed by atoms with Gasteiger partial charge in [0.05, 0.1) is 0 Å². The summed E-state index contributed by atoms with van der Waals surface area (Å²) < 4.78 is 0. The molecule has 0 aliphatic carbocycles. The maximum Gasteiger partial charge on any atom is 0.150 e. The third-order valence-corrected chi connectivity index (χ3v) is 1.55. The zero-order valence-electron chi connectivity index (χ0n) is 6.74. The summed E-state index contributed by atoms with van der Waals surface area (Å²) in [6.45, 7) is 0. The number of benzene rings is 1. The second-order valence-corrected chi connectivity index (χ2v) is 2.60. The molecular formula is C9H11NO. The zero-order chi connectivity index (χ0) is 8.27. The number of carbonyl (C=O) groups excluding carboxylic acids is 1. The molecule has 0 fully saturated rings. The fraction of sp³-hybridized carbons (Fsp3) is 0.222. The second kappa shape index (κ2) is 3.19. The lowest BCUT2D eigenvalue weighted by molar-refractivity contribution is 0.112. The Labute approximate surface area is 66.4 Å². The van der Waals surface area contributed by atoms with Crippen LogP contribution in [0, 0.1) is 0 Å². The molecule has 0 amide bonds. The van der Waals surface area contributed by atoms with Crippen molar-refractivity contribution in [2.75, 3.05) is 19.0 Å². The third kappa shape index (κ3) is 1.80. The number of rotatable bonds is 2. The van der Waals surface area contributed by atoms with E-state index in [1.807, 2.05) is 43.3 Å². The molecule has 0 radical (unpaired) electrons. The van der Waals surface area contributed by atoms with Gasteiger partial charge in [-0.15, -0.1) is 0 Å². The Morgan fingerprint density at radius 3 is 2.09 bits per heavy atom. The van der Waals surface area contributed by atoms with Crippen molar-refractivity contribution in [1.82, 2.24) is 0 Å². The monoisotopic (exact) mass is 150 g/mol. The van der Waals surface area contributed by atoms with Gasteiger partial charge in [-0.25, -0.2) is 0 Å². The summed E-state index contributed by atoms with van der Waals surface area (Å²) in [5.74, 6) is 0. The van der Waals surface area contributed by atoms with Gasteiger partial charge in [0, 0.05) is 25.3 Å². The first-order chi connectivity index (χ1) is 5.24. The summed E-state index contributed by atoms with van der Waals surface area (Å²) in [5, 5.41) is 0. The quantitative estimate of drug-likeness (QED) is 0.471. The predicted octanol–water partition coefficient (Wildman–Crippen LogP) is 1.57. The fourth-order valence-electron chi connectivity index (χ4n) is 0.851. The van der Waals surface area contributed by atoms with Gasteiger partial charge in [-0.1, -0.05) is 0 Å². The molecule has 0 bridgehead atoms. The molecule has 0 atom stereocenters. The number of nitrogens with zero attached hydrogens (tertiary/aromatic N) is 1. The number of hydrogen-bond donors (Lipinski definition) is 0. The molecule has 1 rings (SSSR count). The Morgan fingerprint density at radius 2 is 1.73 bits per heavy atom. The van der Waals surface area contributed by atoms with E-state index >= 15 is 0 Å². The highest BCUT2D eigenvalue weighted by Gasteiger charge is 1.93. The van der Waals surface area contributed by atoms with Crippen LogP contribution in [0.25, 0.3) is 0 Å². The molecule has 0 saturated heterocycles. The van der Waals surface area contributed by atoms with E-state index in [1.165, 1.54) is 0 Å². The van der Waals surface area contributed by atoms with Crippen LogP contribution in [0.3, 0.4) is 0 Å². The van der Waals surface area contributed by atoms with Crippen molar-refractivity contribution in [2.24, 2.45) is 0 Å². The first-order valence-corrected chi connectivity index (χ1v) is 3.46. The summed E-state index contributed by atoms with van der Waals surface area (Å²) in [5.41, 5.74) is 1.83. The zero-order valence-corrected chi connectivity index (χ0v) is 6.74. The Balaban J connectivity index is 2.91. The summed E-state index contributed by atoms with van der Waals surface area (Å²) in [6, 6.07) is 7.46. The van der Waals surface area contributed by atoms with E-state index in [9.17, 15) is 4.79 Å². The molecule has 11 heavy (non-hydrogen) atoms. The molecule has 2 heteroatoms. The molecule has 58 valence electrons. The Morgan fingerprint density at radius 1 is 1.18 bits per heavy atom. The van der Waals surface area contributed by atoms with Crippen LogP contribution in [-0.2, 0) is 0 Å². The first-order valence-electron chi connectivity index (χ1n) is 3.46. The lowest BCUT2D eigenvalue weighted by Crippen LogP contribution is -2.08. The Bertz CT molecular complexity index is 238. The number of aldehydes is 1. The summed E-state index contributed by atoms with van der Waals surface area (Å²) in [6.07, 6.45) is 0.847. The first kappa shape index (κ1) is 7.79. The molecule has 0 aliphatic heterocycles. The molecule has 0 N–H and O–H groups in total. The van der Waals surface area contributed by atoms with Crippen molar-refractivity contribution in [3.63, 3.8) is 0 Å². The molecular weight excluding hydrogens is 139 g/mol. The highest BCUT2D eigenvalue weighted by Crippen LogP contribution is 2.10. The summed E-state index contributed by atoms with van der Waals surface area (Å²) in [4.78, 5) is 12.3. The van der Waals surface area contributed by atoms with Gasteiger partial charge in [0.15, 0.2) is 0 Å². The van der Waals surface area contributed by atoms with E-state index < -0.39 is 0 Å². The van der Waals surface area contributed by atoms with E-state index in [0.29, 0.717) is 0 Å². The maximum atomic E-state index is 10.3. The number of anilines is 1. The Kier molecular flexibility index (Phi) is 2.26. The topological polar surface area (TPSA) is 20.3 Å². The minimum absolute atomic E-state index is 0.718. The molecule has 0 heterocycles. The fourth-order valence-corrected chi connectivity index (χ4v) is 0.851. The summed E-state index contributed by atoms with van der Waals surface area (Å²) >= 11 is 0. The highest BCUT2D eigenvalue weighted by atomic mass is 16.2. The van der Waals surface area contributed by atoms with Crippen molar-refractivity contribution < 1.29 is 4.79 Å². The minimum atomic E-state index is 0.718. The van der Waals surface area contributed by atoms with Crippen LogP contribution in [-0.4, -0.2) is 20.4 Å². The maximum absolute atomic E-state index is 10.3. The van der Waals surface area contributed by atoms with Gasteiger partial charge < -0.3 is 4.90 Å². The summed E-state index contributed by atoms with van der Waals surface area (Å²) in [7, 11) is 3.94. The lowest BCUT2D eigenvalue weighted by Gasteiger charge is -2.11. The van der Waals surface area contributed by atoms with E-state index in [2.05, 4.69) is 0 Å². The third-order valence-electron chi connectivity index (χ3n) is 1.55. The number of carbonyl (C=O) groups is 1. The average Bonchev–Trinajstić information content (AvgIpc) is 2.05. The lowest BCUT2D eigenvalue weighted by atomic mass is 10.2. The van der Waals surface area contributed by atoms with Crippen LogP contribution >= 0.6 is 0 Å². The number of hydrogen-bond acceptors (Lipinski definition) is 2. The van der Waals surface area contributed by atoms with Crippen LogP contribution in [0.1, 0.15) is 10.4 Å². The van der Waals surface area contributed by atoms with Gasteiger partial charge in [-0.05, 0) is 24.3 Å². The van der Waals surface area contributed by atoms with Gasteiger partial charge in [0.1, 0.15) is 6.29 Å². The van der Waals surface area contributed by atoms with Gasteiger partial charge >= 0.3 is 0 Å². The molecule has 0 aliphatic rings. The molecule has 0 unspecified atom stereocenters. The molecule has 1 aromatic carbocycles. The molecule has 0 aromatic heterocycles. The van der Waals surface area contributed by atoms with Gasteiger partial charge in [-0.2, -0.15) is 0 Å². The van der Waals surface area contributed by atoms with Crippen LogP contribution in [0.2, 0.25) is 0 Å². The second-order valence-electron chi connectivity index (χ2n) is 2.60. The highest BCUT2D eigenvalue weighted by molar-refractivity contribution is 5.75. The van der Waals surface area contributed by atoms with Crippen LogP contribution in [0.15, 0.2) is 24.3 Å². The molecule has 1 aromatic rings. The van der Waals surface area contributed by atoms with Crippen molar-refractivity contribution in [2.45, 2.75) is 0 Å². The average molecular weight is 150 g/mol. The smallest absolute Gasteiger partial charge is 0.150 e. The van der Waals surface area contributed by atoms with Crippen LogP contribution in [0.4, 0.5) is 5.69 Å². The van der Waals surface area contributed by atoms with Gasteiger partial charge in [0.2, 0.25) is 0 Å². The van der Waals surface area contributed by atoms with Gasteiger partial charge in [0.25, 0.3) is 0 Å². The molecule has 0 spiro atoms. The van der Waals surface area contributed by atoms with Crippen molar-refractivity contribution in [3.05, 3.63) is 29.8 Å². The standard InChI is InChI=1S/C9H11NO/c1-10(2)9-5-3-8(7-11)4-6-9/h3-7H,1-2H3/i7+1. The normalized spacial score (nSPS) is 9.27. The van der Waals surface area contributed by atoms with Crippen LogP contribution < -0.4 is 4.90 Å². The molecule has 0 saturated carbocycles. The van der Waals surface area contributed by atoms with E-state index in [4.69, 9.17) is 0 Å². The molecule has 2 nitrogen and oxygen atoms in total. The minimum Gasteiger partial charge on any atom is -0.378 e. The van der Waals surface area contributed by atoms with Crippen LogP contribution in [0.5, 0.6) is 0 Å². The van der Waals surface area contributed by atoms with Crippen molar-refractivity contribution >= 4 is 12.0 Å². The van der Waals surface area contributed by atoms with Gasteiger partial charge in [-0.3, -0.25) is 4.79 Å².